The van der Waals surface area contributed by atoms with Gasteiger partial charge in [0.2, 0.25) is 11.8 Å². The Morgan fingerprint density at radius 2 is 1.33 bits per heavy atom. The van der Waals surface area contributed by atoms with Crippen LogP contribution in [-0.4, -0.2) is 129 Å². The van der Waals surface area contributed by atoms with E-state index in [1.165, 1.54) is 7.11 Å². The zero-order valence-corrected chi connectivity index (χ0v) is 39.5. The number of methoxy groups -OCH3 is 1. The molecule has 63 heavy (non-hydrogen) atoms. The molecule has 4 aliphatic heterocycles. The Balaban J connectivity index is 0.00000661. The van der Waals surface area contributed by atoms with Crippen molar-refractivity contribution in [2.24, 2.45) is 0 Å². The number of piperazine rings is 2. The fraction of sp³-hybridized carbons (Fsp3) is 0.574. The van der Waals surface area contributed by atoms with Gasteiger partial charge in [-0.05, 0) is 39.2 Å². The summed E-state index contributed by atoms with van der Waals surface area (Å²) >= 11 is 0. The molecule has 7 heterocycles. The Bertz CT molecular complexity index is 2330. The van der Waals surface area contributed by atoms with E-state index in [1.54, 1.807) is 6.92 Å². The molecule has 15 nitrogen and oxygen atoms in total. The van der Waals surface area contributed by atoms with Gasteiger partial charge in [0.25, 0.3) is 0 Å². The zero-order valence-electron chi connectivity index (χ0n) is 37.9. The van der Waals surface area contributed by atoms with E-state index in [1.807, 2.05) is 32.0 Å². The van der Waals surface area contributed by atoms with Crippen LogP contribution in [0.25, 0.3) is 22.1 Å². The van der Waals surface area contributed by atoms with Crippen molar-refractivity contribution in [3.63, 3.8) is 0 Å². The quantitative estimate of drug-likeness (QED) is 0.104. The maximum absolute atomic E-state index is 14.6. The molecule has 0 saturated carbocycles. The number of aromatic nitrogens is 4. The Kier molecular flexibility index (Phi) is 16.5. The first-order valence-electron chi connectivity index (χ1n) is 22.5. The normalized spacial score (nSPS) is 20.5. The molecule has 2 amide bonds. The number of hydrogen-bond acceptors (Lipinski definition) is 11. The second-order valence-electron chi connectivity index (χ2n) is 17.4. The van der Waals surface area contributed by atoms with E-state index in [-0.39, 0.29) is 74.5 Å². The van der Waals surface area contributed by atoms with Crippen LogP contribution in [0.1, 0.15) is 131 Å². The summed E-state index contributed by atoms with van der Waals surface area (Å²) in [7, 11) is 1.35. The number of amides is 2. The average Bonchev–Trinajstić information content (AvgIpc) is 3.95. The number of rotatable bonds is 14. The van der Waals surface area contributed by atoms with Gasteiger partial charge >= 0.3 is 26.4 Å². The summed E-state index contributed by atoms with van der Waals surface area (Å²) in [4.78, 5) is 80.2. The van der Waals surface area contributed by atoms with Crippen LogP contribution in [0.3, 0.4) is 0 Å². The van der Waals surface area contributed by atoms with Gasteiger partial charge in [0.1, 0.15) is 0 Å². The molecule has 0 unspecified atom stereocenters. The molecule has 0 aromatic carbocycles. The maximum Gasteiger partial charge on any atom is 2.00 e. The maximum atomic E-state index is 14.6. The minimum atomic E-state index is -0.498. The predicted octanol–water partition coefficient (Wildman–Crippen LogP) is 3.73. The van der Waals surface area contributed by atoms with Crippen molar-refractivity contribution in [3.8, 4) is 0 Å². The smallest absolute Gasteiger partial charge is 0.657 e. The number of Topliss-reactive ketones (excluding diaryl/α,β-unsaturated/α-hetero) is 1. The molecular weight excluding hydrogens is 891 g/mol. The molecule has 342 valence electrons. The number of nitrogens with one attached hydrogen (secondary N) is 4. The molecule has 4 N–H and O–H groups in total. The number of esters is 1. The van der Waals surface area contributed by atoms with Gasteiger partial charge in [-0.15, -0.1) is 22.1 Å². The summed E-state index contributed by atoms with van der Waals surface area (Å²) in [5, 5.41) is 13.0. The molecule has 2 saturated heterocycles. The van der Waals surface area contributed by atoms with Gasteiger partial charge in [0, 0.05) is 143 Å². The third-order valence-corrected chi connectivity index (χ3v) is 13.4. The van der Waals surface area contributed by atoms with E-state index in [0.717, 1.165) is 82.3 Å². The van der Waals surface area contributed by atoms with Crippen LogP contribution >= 0.6 is 0 Å². The molecule has 4 atom stereocenters. The molecule has 0 radical (unpaired) electrons. The number of fused-ring (bicyclic) bond motifs is 8. The Morgan fingerprint density at radius 1 is 0.778 bits per heavy atom. The monoisotopic (exact) mass is 954 g/mol. The standard InChI is InChI=1S/C47H66N10O5.Pd/c1-8-32-27(2)35-26-40-43(31(6)58)29(4)37(53-40)24-36-28(3)33(9-10-41(59)50-15-21-56-17-11-48-12-18-56)45(54-36)34(23-42(60)62-7)46-44(30(5)38(55-46)25-39(32)52-35)47(61)51-16-22-57-19-13-49-14-20-57;/h24-28,32-33,48-49H,8-23H2,1-7H3,(H4,50,51,52,53,54,55,58,59,61);/q;+2/p-2/t27-,28+,32-,33+;/m1./s1. The third-order valence-electron chi connectivity index (χ3n) is 13.4. The summed E-state index contributed by atoms with van der Waals surface area (Å²) < 4.78 is 5.30. The number of aryl methyl sites for hydroxylation is 2. The van der Waals surface area contributed by atoms with Crippen molar-refractivity contribution in [2.45, 2.75) is 90.9 Å². The van der Waals surface area contributed by atoms with E-state index in [2.05, 4.69) is 51.8 Å². The molecule has 0 spiro atoms. The number of ketones is 1. The summed E-state index contributed by atoms with van der Waals surface area (Å²) in [5.74, 6) is -1.37. The summed E-state index contributed by atoms with van der Waals surface area (Å²) in [6.07, 6.45) is 1.29. The fourth-order valence-electron chi connectivity index (χ4n) is 9.70. The van der Waals surface area contributed by atoms with Gasteiger partial charge in [-0.25, -0.2) is 0 Å². The topological polar surface area (TPSA) is 186 Å². The number of carbonyl (C=O) groups excluding carboxylic acids is 4. The Hall–Kier alpha value is -4.30. The molecule has 16 heteroatoms. The predicted molar refractivity (Wildman–Crippen MR) is 240 cm³/mol. The minimum absolute atomic E-state index is 0. The van der Waals surface area contributed by atoms with Gasteiger partial charge in [0.05, 0.1) is 13.5 Å². The van der Waals surface area contributed by atoms with Crippen LogP contribution < -0.4 is 31.2 Å². The summed E-state index contributed by atoms with van der Waals surface area (Å²) in [6.45, 7) is 21.6. The summed E-state index contributed by atoms with van der Waals surface area (Å²) in [6, 6.07) is 5.84. The number of carbonyl (C=O) groups is 4. The second kappa shape index (κ2) is 21.6. The fourth-order valence-corrected chi connectivity index (χ4v) is 9.70. The van der Waals surface area contributed by atoms with Gasteiger partial charge in [-0.2, -0.15) is 0 Å². The van der Waals surface area contributed by atoms with E-state index in [9.17, 15) is 19.2 Å². The molecule has 0 aliphatic carbocycles. The van der Waals surface area contributed by atoms with Crippen molar-refractivity contribution >= 4 is 45.6 Å². The van der Waals surface area contributed by atoms with Crippen molar-refractivity contribution < 1.29 is 44.3 Å². The van der Waals surface area contributed by atoms with Crippen LogP contribution in [0.2, 0.25) is 0 Å². The summed E-state index contributed by atoms with van der Waals surface area (Å²) in [5.41, 5.74) is 7.95. The van der Waals surface area contributed by atoms with Crippen LogP contribution in [-0.2, 0) is 41.2 Å². The third kappa shape index (κ3) is 10.8. The van der Waals surface area contributed by atoms with Gasteiger partial charge < -0.3 is 36.0 Å². The molecule has 7 rings (SSSR count). The Morgan fingerprint density at radius 3 is 1.95 bits per heavy atom. The largest absolute Gasteiger partial charge is 2.00 e. The van der Waals surface area contributed by atoms with Gasteiger partial charge in [-0.1, -0.05) is 50.1 Å². The molecule has 3 aromatic rings. The molecule has 8 bridgehead atoms. The van der Waals surface area contributed by atoms with Crippen molar-refractivity contribution in [1.29, 1.82) is 0 Å². The molecule has 2 fully saturated rings. The van der Waals surface area contributed by atoms with Crippen LogP contribution in [0.5, 0.6) is 0 Å². The number of nitrogens with zero attached hydrogens (tertiary/aromatic N) is 6. The van der Waals surface area contributed by atoms with Crippen molar-refractivity contribution in [1.82, 2.24) is 51.0 Å². The first-order valence-corrected chi connectivity index (χ1v) is 22.5. The second-order valence-corrected chi connectivity index (χ2v) is 17.4. The molecule has 3 aromatic heterocycles. The zero-order chi connectivity index (χ0) is 44.1. The van der Waals surface area contributed by atoms with E-state index < -0.39 is 5.97 Å². The van der Waals surface area contributed by atoms with Crippen molar-refractivity contribution in [3.05, 3.63) is 68.8 Å². The van der Waals surface area contributed by atoms with Gasteiger partial charge in [-0.3, -0.25) is 38.9 Å². The molecular formula is C47H64N10O5Pd. The SMILES string of the molecule is CC[C@H]1c2cc3[n-]c(c(CC(=O)OC)c4nc(cc5[n-]c(cc(n2)[C@@H]1C)c(C(C)=O)c5C)[C@@H](C)[C@@H]4CCC(=O)NCCN1CCNCC1)c(C(=O)NCCN1CCNCC1)c3C.[Pd+2]. The van der Waals surface area contributed by atoms with Crippen LogP contribution in [0.4, 0.5) is 0 Å². The number of hydrogen-bond donors (Lipinski definition) is 4. The van der Waals surface area contributed by atoms with E-state index >= 15 is 0 Å². The van der Waals surface area contributed by atoms with Crippen molar-refractivity contribution in [2.75, 3.05) is 85.6 Å². The minimum Gasteiger partial charge on any atom is -0.657 e. The first kappa shape index (κ1) is 48.2. The van der Waals surface area contributed by atoms with Crippen LogP contribution in [0, 0.1) is 13.8 Å². The molecule has 4 aliphatic rings. The van der Waals surface area contributed by atoms with E-state index in [4.69, 9.17) is 24.7 Å². The average molecular weight is 956 g/mol. The van der Waals surface area contributed by atoms with Crippen LogP contribution in [0.15, 0.2) is 18.2 Å². The Labute approximate surface area is 384 Å². The number of ether oxygens (including phenoxy) is 1. The first-order chi connectivity index (χ1) is 29.9. The van der Waals surface area contributed by atoms with Gasteiger partial charge in [0.15, 0.2) is 5.78 Å². The van der Waals surface area contributed by atoms with E-state index in [0.29, 0.717) is 81.8 Å².